The van der Waals surface area contributed by atoms with Crippen LogP contribution in [-0.2, 0) is 23.9 Å². The van der Waals surface area contributed by atoms with Crippen molar-refractivity contribution in [3.05, 3.63) is 0 Å². The predicted molar refractivity (Wildman–Crippen MR) is 130 cm³/mol. The minimum absolute atomic E-state index is 0.213. The summed E-state index contributed by atoms with van der Waals surface area (Å²) in [4.78, 5) is 47.8. The number of unbranched alkanes of at least 4 members (excludes halogenated alkanes) is 10. The predicted octanol–water partition coefficient (Wildman–Crippen LogP) is 3.75. The molecule has 1 atom stereocenters. The molecule has 0 saturated heterocycles. The molecule has 0 rings (SSSR count). The molecule has 0 unspecified atom stereocenters. The number of carbonyl (C=O) groups is 4. The van der Waals surface area contributed by atoms with E-state index in [9.17, 15) is 19.2 Å². The van der Waals surface area contributed by atoms with Gasteiger partial charge in [0.15, 0.2) is 0 Å². The van der Waals surface area contributed by atoms with Gasteiger partial charge in [-0.05, 0) is 26.7 Å². The molecule has 0 aromatic carbocycles. The normalized spacial score (nSPS) is 12.1. The van der Waals surface area contributed by atoms with Crippen molar-refractivity contribution in [1.82, 2.24) is 10.6 Å². The Morgan fingerprint density at radius 1 is 0.879 bits per heavy atom. The van der Waals surface area contributed by atoms with Gasteiger partial charge in [-0.1, -0.05) is 71.1 Å². The van der Waals surface area contributed by atoms with Gasteiger partial charge in [-0.15, -0.1) is 0 Å². The SMILES string of the molecule is CCCCCCCCCCCCCC(=O)N[C@H](CC(N)=O)C(=O)NCCC(C)(C)C(=O)OC. The third-order valence-corrected chi connectivity index (χ3v) is 5.85. The molecule has 3 amide bonds. The molecule has 33 heavy (non-hydrogen) atoms. The zero-order valence-corrected chi connectivity index (χ0v) is 21.3. The number of amides is 3. The fraction of sp³-hybridized carbons (Fsp3) is 0.840. The van der Waals surface area contributed by atoms with E-state index in [4.69, 9.17) is 10.5 Å². The summed E-state index contributed by atoms with van der Waals surface area (Å²) < 4.78 is 4.75. The quantitative estimate of drug-likeness (QED) is 0.185. The Bertz CT molecular complexity index is 593. The van der Waals surface area contributed by atoms with Crippen LogP contribution in [0, 0.1) is 5.41 Å². The van der Waals surface area contributed by atoms with E-state index in [0.717, 1.165) is 19.3 Å². The minimum atomic E-state index is -1.01. The van der Waals surface area contributed by atoms with Gasteiger partial charge in [0, 0.05) is 13.0 Å². The smallest absolute Gasteiger partial charge is 0.311 e. The van der Waals surface area contributed by atoms with E-state index in [2.05, 4.69) is 17.6 Å². The molecular formula is C25H47N3O5. The number of hydrogen-bond acceptors (Lipinski definition) is 5. The number of nitrogens with one attached hydrogen (secondary N) is 2. The second kappa shape index (κ2) is 18.3. The lowest BCUT2D eigenvalue weighted by Gasteiger charge is -2.22. The Morgan fingerprint density at radius 3 is 1.88 bits per heavy atom. The first-order valence-electron chi connectivity index (χ1n) is 12.6. The molecule has 0 heterocycles. The zero-order valence-electron chi connectivity index (χ0n) is 21.3. The van der Waals surface area contributed by atoms with E-state index in [1.165, 1.54) is 58.5 Å². The van der Waals surface area contributed by atoms with Crippen LogP contribution in [0.4, 0.5) is 0 Å². The molecule has 0 aromatic heterocycles. The van der Waals surface area contributed by atoms with E-state index < -0.39 is 23.3 Å². The van der Waals surface area contributed by atoms with Crippen LogP contribution in [0.5, 0.6) is 0 Å². The van der Waals surface area contributed by atoms with Crippen LogP contribution in [0.1, 0.15) is 111 Å². The molecular weight excluding hydrogens is 422 g/mol. The third kappa shape index (κ3) is 16.2. The van der Waals surface area contributed by atoms with Gasteiger partial charge in [-0.3, -0.25) is 19.2 Å². The Hall–Kier alpha value is -2.12. The number of methoxy groups -OCH3 is 1. The topological polar surface area (TPSA) is 128 Å². The van der Waals surface area contributed by atoms with Gasteiger partial charge in [0.2, 0.25) is 17.7 Å². The number of hydrogen-bond donors (Lipinski definition) is 3. The summed E-state index contributed by atoms with van der Waals surface area (Å²) >= 11 is 0. The second-order valence-corrected chi connectivity index (χ2v) is 9.49. The number of esters is 1. The van der Waals surface area contributed by atoms with Crippen LogP contribution in [0.15, 0.2) is 0 Å². The van der Waals surface area contributed by atoms with Crippen molar-refractivity contribution < 1.29 is 23.9 Å². The van der Waals surface area contributed by atoms with E-state index in [1.54, 1.807) is 13.8 Å². The first-order chi connectivity index (χ1) is 15.6. The maximum absolute atomic E-state index is 12.4. The van der Waals surface area contributed by atoms with Crippen molar-refractivity contribution in [3.63, 3.8) is 0 Å². The van der Waals surface area contributed by atoms with Crippen LogP contribution in [-0.4, -0.2) is 43.4 Å². The molecule has 0 aliphatic heterocycles. The van der Waals surface area contributed by atoms with Gasteiger partial charge in [-0.2, -0.15) is 0 Å². The fourth-order valence-electron chi connectivity index (χ4n) is 3.63. The largest absolute Gasteiger partial charge is 0.469 e. The van der Waals surface area contributed by atoms with Crippen LogP contribution in [0.2, 0.25) is 0 Å². The lowest BCUT2D eigenvalue weighted by Crippen LogP contribution is -2.49. The molecule has 192 valence electrons. The molecule has 0 aromatic rings. The van der Waals surface area contributed by atoms with Crippen molar-refractivity contribution >= 4 is 23.7 Å². The summed E-state index contributed by atoms with van der Waals surface area (Å²) in [5.41, 5.74) is 4.49. The van der Waals surface area contributed by atoms with Gasteiger partial charge < -0.3 is 21.1 Å². The highest BCUT2D eigenvalue weighted by Crippen LogP contribution is 2.21. The maximum Gasteiger partial charge on any atom is 0.311 e. The van der Waals surface area contributed by atoms with Gasteiger partial charge in [-0.25, -0.2) is 0 Å². The lowest BCUT2D eigenvalue weighted by molar-refractivity contribution is -0.151. The maximum atomic E-state index is 12.4. The van der Waals surface area contributed by atoms with Crippen LogP contribution in [0.3, 0.4) is 0 Å². The number of ether oxygens (including phenoxy) is 1. The molecule has 8 nitrogen and oxygen atoms in total. The molecule has 0 saturated carbocycles. The van der Waals surface area contributed by atoms with Crippen molar-refractivity contribution in [3.8, 4) is 0 Å². The summed E-state index contributed by atoms with van der Waals surface area (Å²) in [7, 11) is 1.32. The summed E-state index contributed by atoms with van der Waals surface area (Å²) in [6.45, 7) is 5.89. The molecule has 0 radical (unpaired) electrons. The average Bonchev–Trinajstić information content (AvgIpc) is 2.75. The molecule has 8 heteroatoms. The van der Waals surface area contributed by atoms with E-state index in [0.29, 0.717) is 12.8 Å². The average molecular weight is 470 g/mol. The van der Waals surface area contributed by atoms with Crippen LogP contribution >= 0.6 is 0 Å². The fourth-order valence-corrected chi connectivity index (χ4v) is 3.63. The van der Waals surface area contributed by atoms with Crippen molar-refractivity contribution in [2.75, 3.05) is 13.7 Å². The van der Waals surface area contributed by atoms with E-state index in [1.807, 2.05) is 0 Å². The summed E-state index contributed by atoms with van der Waals surface area (Å²) in [5, 5.41) is 5.29. The second-order valence-electron chi connectivity index (χ2n) is 9.49. The first kappa shape index (κ1) is 30.9. The van der Waals surface area contributed by atoms with E-state index >= 15 is 0 Å². The third-order valence-electron chi connectivity index (χ3n) is 5.85. The van der Waals surface area contributed by atoms with E-state index in [-0.39, 0.29) is 24.8 Å². The zero-order chi connectivity index (χ0) is 25.1. The summed E-state index contributed by atoms with van der Waals surface area (Å²) in [6.07, 6.45) is 13.5. The Kier molecular flexibility index (Phi) is 17.1. The highest BCUT2D eigenvalue weighted by Gasteiger charge is 2.29. The Morgan fingerprint density at radius 2 is 1.39 bits per heavy atom. The lowest BCUT2D eigenvalue weighted by atomic mass is 9.89. The van der Waals surface area contributed by atoms with Gasteiger partial charge in [0.05, 0.1) is 18.9 Å². The highest BCUT2D eigenvalue weighted by molar-refractivity contribution is 5.91. The molecule has 4 N–H and O–H groups in total. The molecule has 0 aliphatic rings. The monoisotopic (exact) mass is 469 g/mol. The molecule has 0 fully saturated rings. The highest BCUT2D eigenvalue weighted by atomic mass is 16.5. The summed E-state index contributed by atoms with van der Waals surface area (Å²) in [5.74, 6) is -1.78. The number of rotatable bonds is 20. The number of nitrogens with two attached hydrogens (primary N) is 1. The van der Waals surface area contributed by atoms with Gasteiger partial charge in [0.1, 0.15) is 6.04 Å². The number of carbonyl (C=O) groups excluding carboxylic acids is 4. The van der Waals surface area contributed by atoms with Crippen molar-refractivity contribution in [2.24, 2.45) is 11.1 Å². The first-order valence-corrected chi connectivity index (χ1v) is 12.6. The minimum Gasteiger partial charge on any atom is -0.469 e. The summed E-state index contributed by atoms with van der Waals surface area (Å²) in [6, 6.07) is -1.01. The van der Waals surface area contributed by atoms with Gasteiger partial charge >= 0.3 is 5.97 Å². The molecule has 0 bridgehead atoms. The van der Waals surface area contributed by atoms with Gasteiger partial charge in [0.25, 0.3) is 0 Å². The molecule has 0 aliphatic carbocycles. The molecule has 0 spiro atoms. The van der Waals surface area contributed by atoms with Crippen molar-refractivity contribution in [1.29, 1.82) is 0 Å². The number of primary amides is 1. The Labute approximate surface area is 200 Å². The van der Waals surface area contributed by atoms with Crippen LogP contribution < -0.4 is 16.4 Å². The Balaban J connectivity index is 4.16. The van der Waals surface area contributed by atoms with Crippen molar-refractivity contribution in [2.45, 2.75) is 117 Å². The standard InChI is InChI=1S/C25H47N3O5/c1-5-6-7-8-9-10-11-12-13-14-15-16-22(30)28-20(19-21(26)29)23(31)27-18-17-25(2,3)24(32)33-4/h20H,5-19H2,1-4H3,(H2,26,29)(H,27,31)(H,28,30)/t20-/m1/s1. The van der Waals surface area contributed by atoms with Crippen LogP contribution in [0.25, 0.3) is 0 Å².